The van der Waals surface area contributed by atoms with Gasteiger partial charge in [0.15, 0.2) is 0 Å². The summed E-state index contributed by atoms with van der Waals surface area (Å²) in [4.78, 5) is 21.5. The molecule has 0 N–H and O–H groups in total. The Bertz CT molecular complexity index is 454. The maximum Gasteiger partial charge on any atom is 0.330 e. The second-order valence-electron chi connectivity index (χ2n) is 5.62. The maximum atomic E-state index is 10.8. The van der Waals surface area contributed by atoms with Crippen molar-refractivity contribution in [3.63, 3.8) is 0 Å². The first kappa shape index (κ1) is 19.9. The summed E-state index contributed by atoms with van der Waals surface area (Å²) in [6, 6.07) is 0. The number of rotatable bonds is 6. The van der Waals surface area contributed by atoms with Gasteiger partial charge in [-0.1, -0.05) is 50.3 Å². The summed E-state index contributed by atoms with van der Waals surface area (Å²) in [5.74, 6) is -0.424. The molecule has 0 spiro atoms. The van der Waals surface area contributed by atoms with Gasteiger partial charge in [-0.2, -0.15) is 0 Å². The van der Waals surface area contributed by atoms with Gasteiger partial charge < -0.3 is 9.47 Å². The molecular weight excluding hydrogens is 304 g/mol. The Morgan fingerprint density at radius 2 is 1.25 bits per heavy atom. The van der Waals surface area contributed by atoms with Gasteiger partial charge in [0.1, 0.15) is 12.2 Å². The van der Waals surface area contributed by atoms with Gasteiger partial charge in [-0.05, 0) is 12.8 Å². The van der Waals surface area contributed by atoms with Crippen LogP contribution in [0.3, 0.4) is 0 Å². The third kappa shape index (κ3) is 9.13. The van der Waals surface area contributed by atoms with Gasteiger partial charge in [0.25, 0.3) is 0 Å². The van der Waals surface area contributed by atoms with Crippen LogP contribution in [-0.2, 0) is 19.1 Å². The van der Waals surface area contributed by atoms with Crippen molar-refractivity contribution >= 4 is 11.9 Å². The SMILES string of the molecule is CC/C=C/C[C@@H]1CC=CC(=O)O1.CC/C=C/C[C@H]1CC=CC(=O)O1. The van der Waals surface area contributed by atoms with E-state index in [1.807, 2.05) is 12.2 Å². The van der Waals surface area contributed by atoms with Gasteiger partial charge in [-0.3, -0.25) is 0 Å². The van der Waals surface area contributed by atoms with E-state index in [4.69, 9.17) is 9.47 Å². The predicted octanol–water partition coefficient (Wildman–Crippen LogP) is 4.43. The molecule has 4 nitrogen and oxygen atoms in total. The molecule has 2 heterocycles. The van der Waals surface area contributed by atoms with Crippen LogP contribution in [0.15, 0.2) is 48.6 Å². The van der Waals surface area contributed by atoms with Crippen LogP contribution in [0, 0.1) is 0 Å². The van der Waals surface area contributed by atoms with E-state index >= 15 is 0 Å². The van der Waals surface area contributed by atoms with E-state index < -0.39 is 0 Å². The Morgan fingerprint density at radius 1 is 0.833 bits per heavy atom. The van der Waals surface area contributed by atoms with Crippen LogP contribution in [0.25, 0.3) is 0 Å². The average molecular weight is 332 g/mol. The summed E-state index contributed by atoms with van der Waals surface area (Å²) < 4.78 is 10.1. The molecule has 0 aromatic heterocycles. The van der Waals surface area contributed by atoms with Crippen LogP contribution >= 0.6 is 0 Å². The third-order valence-electron chi connectivity index (χ3n) is 3.47. The minimum atomic E-state index is -0.212. The zero-order valence-electron chi connectivity index (χ0n) is 14.6. The fourth-order valence-electron chi connectivity index (χ4n) is 2.25. The maximum absolute atomic E-state index is 10.8. The van der Waals surface area contributed by atoms with Crippen molar-refractivity contribution < 1.29 is 19.1 Å². The summed E-state index contributed by atoms with van der Waals surface area (Å²) in [7, 11) is 0. The molecule has 0 bridgehead atoms. The third-order valence-corrected chi connectivity index (χ3v) is 3.47. The van der Waals surface area contributed by atoms with Crippen molar-refractivity contribution in [2.75, 3.05) is 0 Å². The summed E-state index contributed by atoms with van der Waals surface area (Å²) >= 11 is 0. The van der Waals surface area contributed by atoms with Crippen molar-refractivity contribution in [1.29, 1.82) is 0 Å². The lowest BCUT2D eigenvalue weighted by molar-refractivity contribution is -0.144. The lowest BCUT2D eigenvalue weighted by Crippen LogP contribution is -2.18. The molecule has 0 amide bonds. The number of allylic oxidation sites excluding steroid dienone is 2. The van der Waals surface area contributed by atoms with E-state index in [1.54, 1.807) is 0 Å². The number of esters is 2. The second-order valence-corrected chi connectivity index (χ2v) is 5.62. The molecule has 0 aromatic carbocycles. The number of hydrogen-bond acceptors (Lipinski definition) is 4. The van der Waals surface area contributed by atoms with Gasteiger partial charge >= 0.3 is 11.9 Å². The molecule has 0 saturated carbocycles. The molecule has 132 valence electrons. The van der Waals surface area contributed by atoms with Crippen LogP contribution in [0.2, 0.25) is 0 Å². The van der Waals surface area contributed by atoms with Crippen molar-refractivity contribution in [3.05, 3.63) is 48.6 Å². The molecule has 0 radical (unpaired) electrons. The van der Waals surface area contributed by atoms with E-state index in [-0.39, 0.29) is 24.1 Å². The lowest BCUT2D eigenvalue weighted by atomic mass is 10.1. The van der Waals surface area contributed by atoms with Crippen LogP contribution in [0.5, 0.6) is 0 Å². The van der Waals surface area contributed by atoms with Crippen LogP contribution in [-0.4, -0.2) is 24.1 Å². The van der Waals surface area contributed by atoms with Gasteiger partial charge in [0.2, 0.25) is 0 Å². The minimum Gasteiger partial charge on any atom is -0.459 e. The Balaban J connectivity index is 0.000000240. The molecule has 4 heteroatoms. The number of carbonyl (C=O) groups excluding carboxylic acids is 2. The van der Waals surface area contributed by atoms with E-state index in [9.17, 15) is 9.59 Å². The quantitative estimate of drug-likeness (QED) is 0.533. The molecule has 0 unspecified atom stereocenters. The smallest absolute Gasteiger partial charge is 0.330 e. The van der Waals surface area contributed by atoms with Gasteiger partial charge in [-0.25, -0.2) is 9.59 Å². The average Bonchev–Trinajstić information content (AvgIpc) is 2.56. The molecule has 24 heavy (non-hydrogen) atoms. The molecule has 0 fully saturated rings. The second kappa shape index (κ2) is 12.3. The molecule has 2 atom stereocenters. The molecule has 0 aromatic rings. The van der Waals surface area contributed by atoms with Crippen LogP contribution < -0.4 is 0 Å². The number of hydrogen-bond donors (Lipinski definition) is 0. The normalized spacial score (nSPS) is 23.1. The van der Waals surface area contributed by atoms with Gasteiger partial charge in [-0.15, -0.1) is 0 Å². The first-order valence-electron chi connectivity index (χ1n) is 8.70. The zero-order valence-corrected chi connectivity index (χ0v) is 14.6. The Kier molecular flexibility index (Phi) is 10.3. The topological polar surface area (TPSA) is 52.6 Å². The molecule has 0 saturated heterocycles. The molecule has 0 aliphatic carbocycles. The largest absolute Gasteiger partial charge is 0.459 e. The Morgan fingerprint density at radius 3 is 1.58 bits per heavy atom. The van der Waals surface area contributed by atoms with Crippen molar-refractivity contribution in [2.24, 2.45) is 0 Å². The highest BCUT2D eigenvalue weighted by Gasteiger charge is 2.14. The van der Waals surface area contributed by atoms with Crippen LogP contribution in [0.4, 0.5) is 0 Å². The standard InChI is InChI=1S/2C10H14O2/c2*1-2-3-4-6-9-7-5-8-10(11)12-9/h2*3-5,8-9H,2,6-7H2,1H3/b2*4-3+/t2*9-/m10/s1. The van der Waals surface area contributed by atoms with E-state index in [0.29, 0.717) is 0 Å². The monoisotopic (exact) mass is 332 g/mol. The number of cyclic esters (lactones) is 2. The molecule has 2 aliphatic rings. The van der Waals surface area contributed by atoms with Crippen molar-refractivity contribution in [1.82, 2.24) is 0 Å². The van der Waals surface area contributed by atoms with Crippen molar-refractivity contribution in [3.8, 4) is 0 Å². The van der Waals surface area contributed by atoms with E-state index in [2.05, 4.69) is 38.2 Å². The van der Waals surface area contributed by atoms with Gasteiger partial charge in [0, 0.05) is 37.8 Å². The van der Waals surface area contributed by atoms with E-state index in [1.165, 1.54) is 12.2 Å². The first-order chi connectivity index (χ1) is 11.7. The van der Waals surface area contributed by atoms with Crippen LogP contribution in [0.1, 0.15) is 52.4 Å². The zero-order chi connectivity index (χ0) is 17.6. The molecule has 2 aliphatic heterocycles. The Hall–Kier alpha value is -2.10. The molecule has 2 rings (SSSR count). The summed E-state index contributed by atoms with van der Waals surface area (Å²) in [6.45, 7) is 4.17. The fourth-order valence-corrected chi connectivity index (χ4v) is 2.25. The Labute approximate surface area is 144 Å². The highest BCUT2D eigenvalue weighted by molar-refractivity contribution is 5.83. The highest BCUT2D eigenvalue weighted by Crippen LogP contribution is 2.12. The fraction of sp³-hybridized carbons (Fsp3) is 0.500. The number of ether oxygens (including phenoxy) is 2. The lowest BCUT2D eigenvalue weighted by Gasteiger charge is -2.16. The summed E-state index contributed by atoms with van der Waals surface area (Å²) in [5, 5.41) is 0. The minimum absolute atomic E-state index is 0.0605. The summed E-state index contributed by atoms with van der Waals surface area (Å²) in [6.07, 6.45) is 20.6. The number of carbonyl (C=O) groups is 2. The van der Waals surface area contributed by atoms with Crippen molar-refractivity contribution in [2.45, 2.75) is 64.6 Å². The molecular formula is C20H28O4. The highest BCUT2D eigenvalue weighted by atomic mass is 16.5. The first-order valence-corrected chi connectivity index (χ1v) is 8.70. The van der Waals surface area contributed by atoms with Gasteiger partial charge in [0.05, 0.1) is 0 Å². The van der Waals surface area contributed by atoms with E-state index in [0.717, 1.165) is 38.5 Å². The summed E-state index contributed by atoms with van der Waals surface area (Å²) in [5.41, 5.74) is 0. The predicted molar refractivity (Wildman–Crippen MR) is 95.4 cm³/mol.